The van der Waals surface area contributed by atoms with E-state index in [1.54, 1.807) is 17.3 Å². The van der Waals surface area contributed by atoms with Gasteiger partial charge in [-0.2, -0.15) is 5.26 Å². The van der Waals surface area contributed by atoms with Crippen molar-refractivity contribution in [2.24, 2.45) is 0 Å². The molecule has 124 valence electrons. The van der Waals surface area contributed by atoms with E-state index >= 15 is 0 Å². The number of carbonyl (C=O) groups excluding carboxylic acids is 1. The highest BCUT2D eigenvalue weighted by Gasteiger charge is 2.16. The molecular formula is C20H18N4O. The third kappa shape index (κ3) is 4.12. The van der Waals surface area contributed by atoms with Gasteiger partial charge in [0.1, 0.15) is 0 Å². The van der Waals surface area contributed by atoms with Crippen molar-refractivity contribution in [1.29, 1.82) is 5.26 Å². The first-order chi connectivity index (χ1) is 12.3. The predicted octanol–water partition coefficient (Wildman–Crippen LogP) is 3.43. The van der Waals surface area contributed by atoms with E-state index in [1.165, 1.54) is 0 Å². The first-order valence-electron chi connectivity index (χ1n) is 8.06. The van der Waals surface area contributed by atoms with Gasteiger partial charge in [0.2, 0.25) is 0 Å². The summed E-state index contributed by atoms with van der Waals surface area (Å²) in [5.41, 5.74) is 2.55. The van der Waals surface area contributed by atoms with Gasteiger partial charge >= 0.3 is 0 Å². The van der Waals surface area contributed by atoms with Crippen molar-refractivity contribution < 1.29 is 4.79 Å². The second kappa shape index (κ2) is 7.93. The van der Waals surface area contributed by atoms with Crippen LogP contribution in [0.1, 0.15) is 22.3 Å². The smallest absolute Gasteiger partial charge is 0.254 e. The molecule has 2 aromatic heterocycles. The highest BCUT2D eigenvalue weighted by molar-refractivity contribution is 5.94. The lowest BCUT2D eigenvalue weighted by Gasteiger charge is -2.22. The molecule has 5 heteroatoms. The molecule has 0 spiro atoms. The lowest BCUT2D eigenvalue weighted by atomic mass is 10.1. The van der Waals surface area contributed by atoms with Crippen LogP contribution in [0.5, 0.6) is 0 Å². The number of benzene rings is 1. The molecule has 0 bridgehead atoms. The van der Waals surface area contributed by atoms with E-state index in [2.05, 4.69) is 11.1 Å². The Labute approximate surface area is 146 Å². The summed E-state index contributed by atoms with van der Waals surface area (Å²) < 4.78 is 1.98. The minimum Gasteiger partial charge on any atom is -0.333 e. The Bertz CT molecular complexity index is 849. The van der Waals surface area contributed by atoms with Crippen molar-refractivity contribution >= 4 is 5.91 Å². The van der Waals surface area contributed by atoms with Crippen LogP contribution in [0.25, 0.3) is 5.69 Å². The molecule has 3 aromatic rings. The number of hydrogen-bond acceptors (Lipinski definition) is 3. The van der Waals surface area contributed by atoms with Crippen molar-refractivity contribution in [3.63, 3.8) is 0 Å². The van der Waals surface area contributed by atoms with Crippen LogP contribution in [-0.4, -0.2) is 26.9 Å². The highest BCUT2D eigenvalue weighted by atomic mass is 16.2. The molecule has 25 heavy (non-hydrogen) atoms. The summed E-state index contributed by atoms with van der Waals surface area (Å²) in [4.78, 5) is 18.6. The van der Waals surface area contributed by atoms with Crippen molar-refractivity contribution in [2.75, 3.05) is 6.54 Å². The molecule has 0 aliphatic heterocycles. The Morgan fingerprint density at radius 3 is 2.52 bits per heavy atom. The molecule has 0 saturated heterocycles. The van der Waals surface area contributed by atoms with Crippen LogP contribution in [0.15, 0.2) is 73.3 Å². The molecule has 0 saturated carbocycles. The minimum absolute atomic E-state index is 0.0850. The van der Waals surface area contributed by atoms with E-state index in [-0.39, 0.29) is 5.91 Å². The van der Waals surface area contributed by atoms with Crippen LogP contribution in [0.3, 0.4) is 0 Å². The molecule has 3 rings (SSSR count). The van der Waals surface area contributed by atoms with Crippen LogP contribution in [0, 0.1) is 11.3 Å². The maximum absolute atomic E-state index is 12.8. The van der Waals surface area contributed by atoms with E-state index in [1.807, 2.05) is 65.5 Å². The second-order valence-corrected chi connectivity index (χ2v) is 5.63. The zero-order chi connectivity index (χ0) is 17.5. The van der Waals surface area contributed by atoms with Gasteiger partial charge in [-0.15, -0.1) is 0 Å². The Hall–Kier alpha value is -3.39. The van der Waals surface area contributed by atoms with Gasteiger partial charge in [-0.1, -0.05) is 6.07 Å². The topological polar surface area (TPSA) is 61.9 Å². The van der Waals surface area contributed by atoms with Gasteiger partial charge in [0.25, 0.3) is 5.91 Å². The fourth-order valence-corrected chi connectivity index (χ4v) is 2.61. The summed E-state index contributed by atoms with van der Waals surface area (Å²) in [6.45, 7) is 0.831. The highest BCUT2D eigenvalue weighted by Crippen LogP contribution is 2.14. The lowest BCUT2D eigenvalue weighted by Crippen LogP contribution is -2.31. The normalized spacial score (nSPS) is 10.2. The van der Waals surface area contributed by atoms with E-state index in [0.29, 0.717) is 25.1 Å². The average Bonchev–Trinajstić information content (AvgIpc) is 3.20. The fraction of sp³-hybridized carbons (Fsp3) is 0.150. The number of nitrogens with zero attached hydrogens (tertiary/aromatic N) is 4. The Morgan fingerprint density at radius 1 is 1.12 bits per heavy atom. The minimum atomic E-state index is -0.0850. The van der Waals surface area contributed by atoms with Gasteiger partial charge in [0, 0.05) is 49.1 Å². The quantitative estimate of drug-likeness (QED) is 0.695. The summed E-state index contributed by atoms with van der Waals surface area (Å²) in [6, 6.07) is 17.3. The van der Waals surface area contributed by atoms with Crippen LogP contribution in [0.2, 0.25) is 0 Å². The molecule has 1 aromatic carbocycles. The molecule has 0 N–H and O–H groups in total. The number of aromatic nitrogens is 2. The van der Waals surface area contributed by atoms with E-state index in [9.17, 15) is 4.79 Å². The second-order valence-electron chi connectivity index (χ2n) is 5.63. The number of rotatable bonds is 6. The van der Waals surface area contributed by atoms with Crippen LogP contribution < -0.4 is 0 Å². The van der Waals surface area contributed by atoms with Crippen LogP contribution in [0.4, 0.5) is 0 Å². The zero-order valence-corrected chi connectivity index (χ0v) is 13.7. The number of pyridine rings is 1. The Kier molecular flexibility index (Phi) is 5.22. The number of carbonyl (C=O) groups is 1. The van der Waals surface area contributed by atoms with Crippen molar-refractivity contribution in [3.05, 3.63) is 84.4 Å². The van der Waals surface area contributed by atoms with Gasteiger partial charge < -0.3 is 9.47 Å². The molecule has 0 aliphatic rings. The molecule has 0 unspecified atom stereocenters. The fourth-order valence-electron chi connectivity index (χ4n) is 2.61. The number of amides is 1. The third-order valence-electron chi connectivity index (χ3n) is 3.89. The summed E-state index contributed by atoms with van der Waals surface area (Å²) in [5, 5.41) is 8.87. The van der Waals surface area contributed by atoms with Gasteiger partial charge in [0.15, 0.2) is 0 Å². The molecule has 0 aliphatic carbocycles. The molecule has 0 radical (unpaired) electrons. The summed E-state index contributed by atoms with van der Waals surface area (Å²) in [7, 11) is 0. The van der Waals surface area contributed by atoms with Crippen LogP contribution >= 0.6 is 0 Å². The Balaban J connectivity index is 1.78. The summed E-state index contributed by atoms with van der Waals surface area (Å²) >= 11 is 0. The first-order valence-corrected chi connectivity index (χ1v) is 8.06. The monoisotopic (exact) mass is 330 g/mol. The zero-order valence-electron chi connectivity index (χ0n) is 13.7. The molecule has 2 heterocycles. The van der Waals surface area contributed by atoms with E-state index in [0.717, 1.165) is 11.3 Å². The predicted molar refractivity (Wildman–Crippen MR) is 95.0 cm³/mol. The largest absolute Gasteiger partial charge is 0.333 e. The number of hydrogen-bond donors (Lipinski definition) is 0. The summed E-state index contributed by atoms with van der Waals surface area (Å²) in [5.74, 6) is -0.0850. The van der Waals surface area contributed by atoms with Crippen molar-refractivity contribution in [2.45, 2.75) is 13.0 Å². The molecule has 0 fully saturated rings. The summed E-state index contributed by atoms with van der Waals surface area (Å²) in [6.07, 6.45) is 7.65. The maximum atomic E-state index is 12.8. The molecule has 0 atom stereocenters. The molecule has 1 amide bonds. The van der Waals surface area contributed by atoms with Crippen molar-refractivity contribution in [1.82, 2.24) is 14.5 Å². The molecular weight excluding hydrogens is 312 g/mol. The van der Waals surface area contributed by atoms with Gasteiger partial charge in [0.05, 0.1) is 12.5 Å². The van der Waals surface area contributed by atoms with Gasteiger partial charge in [-0.25, -0.2) is 0 Å². The van der Waals surface area contributed by atoms with Crippen LogP contribution in [-0.2, 0) is 6.54 Å². The van der Waals surface area contributed by atoms with Gasteiger partial charge in [-0.05, 0) is 48.0 Å². The lowest BCUT2D eigenvalue weighted by molar-refractivity contribution is 0.0747. The first kappa shape index (κ1) is 16.5. The molecule has 5 nitrogen and oxygen atoms in total. The SMILES string of the molecule is N#CCCN(Cc1cccnc1)C(=O)c1ccc(-n2cccc2)cc1. The maximum Gasteiger partial charge on any atom is 0.254 e. The standard InChI is InChI=1S/C20H18N4O/c21-10-4-14-24(16-17-5-3-11-22-15-17)20(25)18-6-8-19(9-7-18)23-12-1-2-13-23/h1-3,5-9,11-13,15H,4,14,16H2. The van der Waals surface area contributed by atoms with E-state index in [4.69, 9.17) is 5.26 Å². The van der Waals surface area contributed by atoms with E-state index < -0.39 is 0 Å². The third-order valence-corrected chi connectivity index (χ3v) is 3.89. The van der Waals surface area contributed by atoms with Crippen molar-refractivity contribution in [3.8, 4) is 11.8 Å². The average molecular weight is 330 g/mol. The Morgan fingerprint density at radius 2 is 1.88 bits per heavy atom. The van der Waals surface area contributed by atoms with Gasteiger partial charge in [-0.3, -0.25) is 9.78 Å². The number of nitriles is 1.